The number of alkyl halides is 3. The van der Waals surface area contributed by atoms with Crippen molar-refractivity contribution in [3.63, 3.8) is 0 Å². The molecule has 6 heteroatoms. The summed E-state index contributed by atoms with van der Waals surface area (Å²) in [7, 11) is 0. The van der Waals surface area contributed by atoms with Gasteiger partial charge >= 0.3 is 6.18 Å². The lowest BCUT2D eigenvalue weighted by molar-refractivity contribution is -0.121. The molecule has 0 radical (unpaired) electrons. The molecule has 78 valence electrons. The summed E-state index contributed by atoms with van der Waals surface area (Å²) in [6.45, 7) is -1.07. The summed E-state index contributed by atoms with van der Waals surface area (Å²) in [6, 6.07) is 0. The zero-order chi connectivity index (χ0) is 10.6. The van der Waals surface area contributed by atoms with Crippen LogP contribution in [0.3, 0.4) is 0 Å². The van der Waals surface area contributed by atoms with Crippen LogP contribution in [0.5, 0.6) is 0 Å². The molecule has 0 spiro atoms. The highest BCUT2D eigenvalue weighted by Gasteiger charge is 2.27. The second-order valence-electron chi connectivity index (χ2n) is 2.63. The first-order valence-electron chi connectivity index (χ1n) is 3.81. The number of thioether (sulfide) groups is 1. The largest absolute Gasteiger partial charge is 0.405 e. The van der Waals surface area contributed by atoms with E-state index in [1.807, 2.05) is 5.41 Å². The first kappa shape index (κ1) is 11.6. The van der Waals surface area contributed by atoms with Gasteiger partial charge in [-0.2, -0.15) is 13.2 Å². The molecule has 0 bridgehead atoms. The molecule has 1 heterocycles. The van der Waals surface area contributed by atoms with Crippen molar-refractivity contribution in [2.45, 2.75) is 6.18 Å². The number of rotatable bonds is 2. The second kappa shape index (κ2) is 4.84. The van der Waals surface area contributed by atoms with Crippen LogP contribution in [0.1, 0.15) is 0 Å². The molecule has 0 aromatic rings. The monoisotopic (exact) mass is 239 g/mol. The highest BCUT2D eigenvalue weighted by atomic mass is 32.2. The third kappa shape index (κ3) is 4.15. The van der Waals surface area contributed by atoms with E-state index >= 15 is 0 Å². The quantitative estimate of drug-likeness (QED) is 0.744. The van der Waals surface area contributed by atoms with E-state index in [2.05, 4.69) is 5.32 Å². The number of hydrogen-bond donors (Lipinski definition) is 1. The summed E-state index contributed by atoms with van der Waals surface area (Å²) >= 11 is 6.32. The van der Waals surface area contributed by atoms with Gasteiger partial charge in [0.2, 0.25) is 0 Å². The second-order valence-corrected chi connectivity index (χ2v) is 3.93. The smallest absolute Gasteiger partial charge is 0.367 e. The molecule has 0 aromatic heterocycles. The van der Waals surface area contributed by atoms with Crippen molar-refractivity contribution in [3.05, 3.63) is 23.1 Å². The SMILES string of the molecule is FC(F)(F)CNC(=S)C1=CC=CSC1. The van der Waals surface area contributed by atoms with E-state index < -0.39 is 12.7 Å². The number of hydrogen-bond acceptors (Lipinski definition) is 2. The van der Waals surface area contributed by atoms with Gasteiger partial charge < -0.3 is 5.32 Å². The highest BCUT2D eigenvalue weighted by molar-refractivity contribution is 8.02. The zero-order valence-electron chi connectivity index (χ0n) is 7.10. The zero-order valence-corrected chi connectivity index (χ0v) is 8.73. The first-order valence-corrected chi connectivity index (χ1v) is 5.27. The fraction of sp³-hybridized carbons (Fsp3) is 0.375. The molecular formula is C8H8F3NS2. The van der Waals surface area contributed by atoms with Gasteiger partial charge in [-0.15, -0.1) is 11.8 Å². The Morgan fingerprint density at radius 2 is 2.29 bits per heavy atom. The standard InChI is InChI=1S/C8H8F3NS2/c9-8(10,11)5-12-7(13)6-2-1-3-14-4-6/h1-3H,4-5H2,(H,12,13). The Morgan fingerprint density at radius 1 is 1.57 bits per heavy atom. The van der Waals surface area contributed by atoms with Crippen LogP contribution in [0.15, 0.2) is 23.1 Å². The Labute approximate surface area is 89.4 Å². The maximum atomic E-state index is 11.8. The van der Waals surface area contributed by atoms with Crippen LogP contribution < -0.4 is 5.32 Å². The maximum Gasteiger partial charge on any atom is 0.405 e. The minimum absolute atomic E-state index is 0.180. The van der Waals surface area contributed by atoms with Crippen molar-refractivity contribution in [1.29, 1.82) is 0 Å². The van der Waals surface area contributed by atoms with Gasteiger partial charge in [-0.25, -0.2) is 0 Å². The van der Waals surface area contributed by atoms with Gasteiger partial charge in [-0.3, -0.25) is 0 Å². The van der Waals surface area contributed by atoms with Crippen LogP contribution in [-0.2, 0) is 0 Å². The first-order chi connectivity index (χ1) is 6.49. The summed E-state index contributed by atoms with van der Waals surface area (Å²) in [5.74, 6) is 0.625. The lowest BCUT2D eigenvalue weighted by Crippen LogP contribution is -2.34. The molecule has 1 rings (SSSR count). The van der Waals surface area contributed by atoms with E-state index in [4.69, 9.17) is 12.2 Å². The summed E-state index contributed by atoms with van der Waals surface area (Å²) in [5, 5.41) is 4.05. The fourth-order valence-corrected chi connectivity index (χ4v) is 1.84. The van der Waals surface area contributed by atoms with E-state index in [0.29, 0.717) is 5.75 Å². The van der Waals surface area contributed by atoms with Crippen LogP contribution >= 0.6 is 24.0 Å². The van der Waals surface area contributed by atoms with Gasteiger partial charge in [0.15, 0.2) is 0 Å². The van der Waals surface area contributed by atoms with Gasteiger partial charge in [0.05, 0.1) is 0 Å². The predicted molar refractivity (Wildman–Crippen MR) is 56.3 cm³/mol. The predicted octanol–water partition coefficient (Wildman–Crippen LogP) is 2.65. The van der Waals surface area contributed by atoms with Gasteiger partial charge in [0.25, 0.3) is 0 Å². The van der Waals surface area contributed by atoms with E-state index in [9.17, 15) is 13.2 Å². The van der Waals surface area contributed by atoms with Crippen LogP contribution in [0, 0.1) is 0 Å². The Bertz CT molecular complexity index is 281. The van der Waals surface area contributed by atoms with E-state index in [1.165, 1.54) is 11.8 Å². The normalized spacial score (nSPS) is 16.4. The maximum absolute atomic E-state index is 11.8. The number of thiocarbonyl (C=S) groups is 1. The Balaban J connectivity index is 2.42. The van der Waals surface area contributed by atoms with Crippen molar-refractivity contribution < 1.29 is 13.2 Å². The Kier molecular flexibility index (Phi) is 4.00. The molecule has 0 aromatic carbocycles. The topological polar surface area (TPSA) is 12.0 Å². The van der Waals surface area contributed by atoms with Crippen molar-refractivity contribution in [1.82, 2.24) is 5.32 Å². The molecule has 1 aliphatic rings. The van der Waals surface area contributed by atoms with Crippen molar-refractivity contribution in [2.75, 3.05) is 12.3 Å². The average Bonchev–Trinajstić information content (AvgIpc) is 2.14. The molecule has 14 heavy (non-hydrogen) atoms. The van der Waals surface area contributed by atoms with Gasteiger partial charge in [-0.1, -0.05) is 24.4 Å². The summed E-state index contributed by atoms with van der Waals surface area (Å²) in [6.07, 6.45) is -0.727. The van der Waals surface area contributed by atoms with Crippen molar-refractivity contribution in [3.8, 4) is 0 Å². The van der Waals surface area contributed by atoms with Crippen LogP contribution in [0.4, 0.5) is 13.2 Å². The lowest BCUT2D eigenvalue weighted by atomic mass is 10.2. The number of halogens is 3. The molecule has 0 unspecified atom stereocenters. The molecule has 0 aliphatic carbocycles. The van der Waals surface area contributed by atoms with Gasteiger partial charge in [0.1, 0.15) is 11.5 Å². The Morgan fingerprint density at radius 3 is 2.79 bits per heavy atom. The molecule has 0 atom stereocenters. The number of nitrogens with one attached hydrogen (secondary N) is 1. The highest BCUT2D eigenvalue weighted by Crippen LogP contribution is 2.17. The fourth-order valence-electron chi connectivity index (χ4n) is 0.832. The van der Waals surface area contributed by atoms with Crippen LogP contribution in [0.25, 0.3) is 0 Å². The molecular weight excluding hydrogens is 231 g/mol. The molecule has 1 nitrogen and oxygen atoms in total. The average molecular weight is 239 g/mol. The molecule has 0 fully saturated rings. The van der Waals surface area contributed by atoms with Gasteiger partial charge in [-0.05, 0) is 11.0 Å². The minimum atomic E-state index is -4.22. The summed E-state index contributed by atoms with van der Waals surface area (Å²) in [4.78, 5) is 0.180. The summed E-state index contributed by atoms with van der Waals surface area (Å²) in [5.41, 5.74) is 0.733. The lowest BCUT2D eigenvalue weighted by Gasteiger charge is -2.13. The number of allylic oxidation sites excluding steroid dienone is 2. The van der Waals surface area contributed by atoms with Crippen molar-refractivity contribution >= 4 is 29.0 Å². The molecule has 0 saturated heterocycles. The molecule has 1 aliphatic heterocycles. The Hall–Kier alpha value is -0.490. The van der Waals surface area contributed by atoms with E-state index in [1.54, 1.807) is 12.2 Å². The van der Waals surface area contributed by atoms with Gasteiger partial charge in [0, 0.05) is 5.75 Å². The van der Waals surface area contributed by atoms with E-state index in [0.717, 1.165) is 5.57 Å². The third-order valence-corrected chi connectivity index (χ3v) is 2.69. The third-order valence-electron chi connectivity index (χ3n) is 1.45. The minimum Gasteiger partial charge on any atom is -0.367 e. The van der Waals surface area contributed by atoms with E-state index in [-0.39, 0.29) is 4.99 Å². The van der Waals surface area contributed by atoms with Crippen molar-refractivity contribution in [2.24, 2.45) is 0 Å². The molecule has 0 saturated carbocycles. The summed E-state index contributed by atoms with van der Waals surface area (Å²) < 4.78 is 35.5. The molecule has 0 amide bonds. The van der Waals surface area contributed by atoms with Crippen LogP contribution in [-0.4, -0.2) is 23.5 Å². The molecule has 1 N–H and O–H groups in total. The van der Waals surface area contributed by atoms with Crippen LogP contribution in [0.2, 0.25) is 0 Å².